The predicted molar refractivity (Wildman–Crippen MR) is 75.1 cm³/mol. The van der Waals surface area contributed by atoms with Crippen molar-refractivity contribution in [1.82, 2.24) is 10.6 Å². The molecule has 0 spiro atoms. The third-order valence-electron chi connectivity index (χ3n) is 2.39. The summed E-state index contributed by atoms with van der Waals surface area (Å²) in [5, 5.41) is 8.02. The summed E-state index contributed by atoms with van der Waals surface area (Å²) in [7, 11) is 0. The van der Waals surface area contributed by atoms with Gasteiger partial charge in [-0.1, -0.05) is 19.1 Å². The molecular formula is C13H20N4O2. The smallest absolute Gasteiger partial charge is 0.319 e. The van der Waals surface area contributed by atoms with E-state index in [0.29, 0.717) is 30.9 Å². The number of hydrogen-bond acceptors (Lipinski definition) is 3. The number of carbonyl (C=O) groups excluding carboxylic acids is 2. The molecule has 104 valence electrons. The van der Waals surface area contributed by atoms with E-state index in [1.165, 1.54) is 0 Å². The van der Waals surface area contributed by atoms with Crippen molar-refractivity contribution in [2.45, 2.75) is 13.3 Å². The Morgan fingerprint density at radius 3 is 2.58 bits per heavy atom. The second-order valence-electron chi connectivity index (χ2n) is 3.97. The SMILES string of the molecule is CCCNC(=O)Nc1ccccc1C(=O)NCCN. The minimum atomic E-state index is -0.319. The lowest BCUT2D eigenvalue weighted by Gasteiger charge is -2.11. The fraction of sp³-hybridized carbons (Fsp3) is 0.385. The fourth-order valence-electron chi connectivity index (χ4n) is 1.48. The van der Waals surface area contributed by atoms with Crippen LogP contribution in [0.25, 0.3) is 0 Å². The van der Waals surface area contributed by atoms with E-state index in [1.807, 2.05) is 6.92 Å². The monoisotopic (exact) mass is 264 g/mol. The Bertz CT molecular complexity index is 434. The van der Waals surface area contributed by atoms with Crippen molar-refractivity contribution >= 4 is 17.6 Å². The minimum Gasteiger partial charge on any atom is -0.351 e. The van der Waals surface area contributed by atoms with Crippen LogP contribution >= 0.6 is 0 Å². The summed E-state index contributed by atoms with van der Waals surface area (Å²) in [6.07, 6.45) is 0.853. The van der Waals surface area contributed by atoms with Crippen LogP contribution in [-0.2, 0) is 0 Å². The number of benzene rings is 1. The number of para-hydroxylation sites is 1. The van der Waals surface area contributed by atoms with E-state index in [0.717, 1.165) is 6.42 Å². The third-order valence-corrected chi connectivity index (χ3v) is 2.39. The molecule has 3 amide bonds. The number of carbonyl (C=O) groups is 2. The van der Waals surface area contributed by atoms with Crippen LogP contribution in [0.4, 0.5) is 10.5 Å². The van der Waals surface area contributed by atoms with Crippen molar-refractivity contribution in [3.05, 3.63) is 29.8 Å². The molecule has 0 atom stereocenters. The van der Waals surface area contributed by atoms with Crippen molar-refractivity contribution in [3.63, 3.8) is 0 Å². The highest BCUT2D eigenvalue weighted by molar-refractivity contribution is 6.03. The summed E-state index contributed by atoms with van der Waals surface area (Å²) in [4.78, 5) is 23.5. The zero-order valence-electron chi connectivity index (χ0n) is 11.0. The van der Waals surface area contributed by atoms with Gasteiger partial charge in [-0.05, 0) is 18.6 Å². The summed E-state index contributed by atoms with van der Waals surface area (Å²) in [6, 6.07) is 6.52. The summed E-state index contributed by atoms with van der Waals surface area (Å²) >= 11 is 0. The molecule has 0 radical (unpaired) electrons. The van der Waals surface area contributed by atoms with Crippen LogP contribution in [0.2, 0.25) is 0 Å². The molecule has 1 rings (SSSR count). The van der Waals surface area contributed by atoms with Crippen molar-refractivity contribution in [2.75, 3.05) is 25.0 Å². The lowest BCUT2D eigenvalue weighted by atomic mass is 10.1. The molecule has 0 aliphatic heterocycles. The highest BCUT2D eigenvalue weighted by atomic mass is 16.2. The number of urea groups is 1. The van der Waals surface area contributed by atoms with Gasteiger partial charge in [0.15, 0.2) is 0 Å². The largest absolute Gasteiger partial charge is 0.351 e. The molecule has 0 bridgehead atoms. The lowest BCUT2D eigenvalue weighted by Crippen LogP contribution is -2.32. The molecule has 0 fully saturated rings. The first-order chi connectivity index (χ1) is 9.19. The Balaban J connectivity index is 2.72. The van der Waals surface area contributed by atoms with Crippen molar-refractivity contribution in [3.8, 4) is 0 Å². The number of hydrogen-bond donors (Lipinski definition) is 4. The first-order valence-corrected chi connectivity index (χ1v) is 6.31. The van der Waals surface area contributed by atoms with E-state index < -0.39 is 0 Å². The van der Waals surface area contributed by atoms with E-state index in [4.69, 9.17) is 5.73 Å². The van der Waals surface area contributed by atoms with Crippen LogP contribution in [0.15, 0.2) is 24.3 Å². The molecule has 6 nitrogen and oxygen atoms in total. The molecule has 5 N–H and O–H groups in total. The minimum absolute atomic E-state index is 0.253. The van der Waals surface area contributed by atoms with Crippen LogP contribution in [0, 0.1) is 0 Å². The van der Waals surface area contributed by atoms with Gasteiger partial charge in [0.1, 0.15) is 0 Å². The Morgan fingerprint density at radius 1 is 1.16 bits per heavy atom. The van der Waals surface area contributed by atoms with E-state index in [2.05, 4.69) is 16.0 Å². The second-order valence-corrected chi connectivity index (χ2v) is 3.97. The van der Waals surface area contributed by atoms with Gasteiger partial charge in [0.2, 0.25) is 0 Å². The molecule has 19 heavy (non-hydrogen) atoms. The Labute approximate surface area is 112 Å². The van der Waals surface area contributed by atoms with Gasteiger partial charge in [-0.3, -0.25) is 4.79 Å². The topological polar surface area (TPSA) is 96.2 Å². The number of nitrogens with two attached hydrogens (primary N) is 1. The summed E-state index contributed by atoms with van der Waals surface area (Å²) in [6.45, 7) is 3.33. The van der Waals surface area contributed by atoms with Gasteiger partial charge in [0, 0.05) is 19.6 Å². The predicted octanol–water partition coefficient (Wildman–Crippen LogP) is 0.907. The molecule has 1 aromatic carbocycles. The Morgan fingerprint density at radius 2 is 1.89 bits per heavy atom. The average molecular weight is 264 g/mol. The van der Waals surface area contributed by atoms with Crippen molar-refractivity contribution in [2.24, 2.45) is 5.73 Å². The van der Waals surface area contributed by atoms with E-state index in [-0.39, 0.29) is 11.9 Å². The van der Waals surface area contributed by atoms with Crippen LogP contribution in [-0.4, -0.2) is 31.6 Å². The number of rotatable bonds is 6. The van der Waals surface area contributed by atoms with Gasteiger partial charge in [-0.15, -0.1) is 0 Å². The molecule has 0 aliphatic carbocycles. The maximum Gasteiger partial charge on any atom is 0.319 e. The second kappa shape index (κ2) is 8.10. The zero-order chi connectivity index (χ0) is 14.1. The summed E-state index contributed by atoms with van der Waals surface area (Å²) in [5.41, 5.74) is 6.23. The van der Waals surface area contributed by atoms with Gasteiger partial charge >= 0.3 is 6.03 Å². The highest BCUT2D eigenvalue weighted by Crippen LogP contribution is 2.14. The molecule has 6 heteroatoms. The van der Waals surface area contributed by atoms with Crippen LogP contribution < -0.4 is 21.7 Å². The van der Waals surface area contributed by atoms with Crippen LogP contribution in [0.1, 0.15) is 23.7 Å². The van der Waals surface area contributed by atoms with Crippen LogP contribution in [0.5, 0.6) is 0 Å². The average Bonchev–Trinajstić information content (AvgIpc) is 2.43. The molecule has 0 aromatic heterocycles. The van der Waals surface area contributed by atoms with Crippen molar-refractivity contribution in [1.29, 1.82) is 0 Å². The molecule has 0 unspecified atom stereocenters. The normalized spacial score (nSPS) is 9.79. The van der Waals surface area contributed by atoms with Gasteiger partial charge < -0.3 is 21.7 Å². The van der Waals surface area contributed by atoms with E-state index in [9.17, 15) is 9.59 Å². The van der Waals surface area contributed by atoms with Crippen LogP contribution in [0.3, 0.4) is 0 Å². The zero-order valence-corrected chi connectivity index (χ0v) is 11.0. The Hall–Kier alpha value is -2.08. The molecule has 1 aromatic rings. The lowest BCUT2D eigenvalue weighted by molar-refractivity contribution is 0.0955. The summed E-state index contributed by atoms with van der Waals surface area (Å²) in [5.74, 6) is -0.253. The number of anilines is 1. The maximum atomic E-state index is 11.9. The number of amides is 3. The third kappa shape index (κ3) is 4.97. The van der Waals surface area contributed by atoms with Gasteiger partial charge in [0.05, 0.1) is 11.3 Å². The molecular weight excluding hydrogens is 244 g/mol. The molecule has 0 heterocycles. The quantitative estimate of drug-likeness (QED) is 0.615. The molecule has 0 aliphatic rings. The first kappa shape index (κ1) is 15.0. The fourth-order valence-corrected chi connectivity index (χ4v) is 1.48. The van der Waals surface area contributed by atoms with Gasteiger partial charge in [-0.2, -0.15) is 0 Å². The standard InChI is InChI=1S/C13H20N4O2/c1-2-8-16-13(19)17-11-6-4-3-5-10(11)12(18)15-9-7-14/h3-6H,2,7-9,14H2,1H3,(H,15,18)(H2,16,17,19). The van der Waals surface area contributed by atoms with E-state index >= 15 is 0 Å². The Kier molecular flexibility index (Phi) is 6.38. The highest BCUT2D eigenvalue weighted by Gasteiger charge is 2.11. The molecule has 0 saturated carbocycles. The van der Waals surface area contributed by atoms with Gasteiger partial charge in [-0.25, -0.2) is 4.79 Å². The molecule has 0 saturated heterocycles. The van der Waals surface area contributed by atoms with Crippen molar-refractivity contribution < 1.29 is 9.59 Å². The first-order valence-electron chi connectivity index (χ1n) is 6.31. The summed E-state index contributed by atoms with van der Waals surface area (Å²) < 4.78 is 0. The van der Waals surface area contributed by atoms with Gasteiger partial charge in [0.25, 0.3) is 5.91 Å². The number of nitrogens with one attached hydrogen (secondary N) is 3. The van der Waals surface area contributed by atoms with E-state index in [1.54, 1.807) is 24.3 Å². The maximum absolute atomic E-state index is 11.9.